The standard InChI is InChI=1S/C20H17N3S/c1-2-7-16-13(5-1)11-18-19(16)23-20(24-18)21-10-9-14-12-22-17-8-4-3-6-15(14)17/h1-8,12,22H,9-11H2,(H,21,23). The van der Waals surface area contributed by atoms with Gasteiger partial charge in [0.25, 0.3) is 0 Å². The van der Waals surface area contributed by atoms with Crippen LogP contribution in [0.1, 0.15) is 16.0 Å². The predicted octanol–water partition coefficient (Wildman–Crippen LogP) is 4.85. The monoisotopic (exact) mass is 331 g/mol. The van der Waals surface area contributed by atoms with E-state index in [1.807, 2.05) is 0 Å². The van der Waals surface area contributed by atoms with Crippen molar-refractivity contribution in [3.63, 3.8) is 0 Å². The summed E-state index contributed by atoms with van der Waals surface area (Å²) in [4.78, 5) is 9.53. The number of hydrogen-bond acceptors (Lipinski definition) is 3. The maximum absolute atomic E-state index is 4.81. The summed E-state index contributed by atoms with van der Waals surface area (Å²) in [6.45, 7) is 0.899. The number of anilines is 1. The first-order chi connectivity index (χ1) is 11.9. The van der Waals surface area contributed by atoms with Gasteiger partial charge in [-0.15, -0.1) is 11.3 Å². The van der Waals surface area contributed by atoms with E-state index >= 15 is 0 Å². The zero-order chi connectivity index (χ0) is 15.9. The molecule has 1 aliphatic rings. The summed E-state index contributed by atoms with van der Waals surface area (Å²) in [6, 6.07) is 17.0. The number of thiazole rings is 1. The molecule has 24 heavy (non-hydrogen) atoms. The van der Waals surface area contributed by atoms with Crippen molar-refractivity contribution >= 4 is 27.4 Å². The van der Waals surface area contributed by atoms with Gasteiger partial charge >= 0.3 is 0 Å². The lowest BCUT2D eigenvalue weighted by Crippen LogP contribution is -2.04. The normalized spacial score (nSPS) is 12.3. The van der Waals surface area contributed by atoms with E-state index in [1.54, 1.807) is 11.3 Å². The third-order valence-corrected chi connectivity index (χ3v) is 5.68. The molecule has 2 aromatic carbocycles. The SMILES string of the molecule is c1ccc2c(c1)Cc1sc(NCCc3c[nH]c4ccccc34)nc1-2. The molecular formula is C20H17N3S. The van der Waals surface area contributed by atoms with Crippen molar-refractivity contribution in [1.82, 2.24) is 9.97 Å². The molecule has 0 amide bonds. The van der Waals surface area contributed by atoms with Crippen LogP contribution >= 0.6 is 11.3 Å². The molecule has 0 unspecified atom stereocenters. The van der Waals surface area contributed by atoms with Gasteiger partial charge in [0.15, 0.2) is 5.13 Å². The van der Waals surface area contributed by atoms with Crippen molar-refractivity contribution in [2.24, 2.45) is 0 Å². The van der Waals surface area contributed by atoms with E-state index in [0.717, 1.165) is 24.5 Å². The van der Waals surface area contributed by atoms with Crippen molar-refractivity contribution in [2.45, 2.75) is 12.8 Å². The molecule has 118 valence electrons. The first-order valence-corrected chi connectivity index (χ1v) is 9.07. The van der Waals surface area contributed by atoms with Gasteiger partial charge in [-0.05, 0) is 23.6 Å². The second kappa shape index (κ2) is 5.49. The summed E-state index contributed by atoms with van der Waals surface area (Å²) in [5.74, 6) is 0. The highest BCUT2D eigenvalue weighted by Gasteiger charge is 2.22. The molecule has 0 fully saturated rings. The van der Waals surface area contributed by atoms with Gasteiger partial charge in [-0.1, -0.05) is 42.5 Å². The largest absolute Gasteiger partial charge is 0.361 e. The van der Waals surface area contributed by atoms with Crippen LogP contribution in [0.5, 0.6) is 0 Å². The van der Waals surface area contributed by atoms with Crippen LogP contribution in [0.3, 0.4) is 0 Å². The number of nitrogens with zero attached hydrogens (tertiary/aromatic N) is 1. The van der Waals surface area contributed by atoms with Crippen LogP contribution in [-0.4, -0.2) is 16.5 Å². The number of fused-ring (bicyclic) bond motifs is 4. The summed E-state index contributed by atoms with van der Waals surface area (Å²) < 4.78 is 0. The molecule has 2 N–H and O–H groups in total. The molecule has 2 heterocycles. The van der Waals surface area contributed by atoms with Gasteiger partial charge in [-0.25, -0.2) is 4.98 Å². The molecule has 4 heteroatoms. The van der Waals surface area contributed by atoms with Gasteiger partial charge in [-0.3, -0.25) is 0 Å². The minimum Gasteiger partial charge on any atom is -0.361 e. The fraction of sp³-hybridized carbons (Fsp3) is 0.150. The Kier molecular flexibility index (Phi) is 3.16. The maximum Gasteiger partial charge on any atom is 0.183 e. The highest BCUT2D eigenvalue weighted by molar-refractivity contribution is 7.16. The van der Waals surface area contributed by atoms with Crippen LogP contribution in [0.4, 0.5) is 5.13 Å². The molecule has 0 saturated carbocycles. The number of H-pyrrole nitrogens is 1. The van der Waals surface area contributed by atoms with Gasteiger partial charge in [0.1, 0.15) is 0 Å². The third kappa shape index (κ3) is 2.22. The lowest BCUT2D eigenvalue weighted by Gasteiger charge is -2.03. The average Bonchev–Trinajstić information content (AvgIpc) is 3.28. The van der Waals surface area contributed by atoms with E-state index in [0.29, 0.717) is 0 Å². The predicted molar refractivity (Wildman–Crippen MR) is 101 cm³/mol. The minimum absolute atomic E-state index is 0.899. The molecule has 0 saturated heterocycles. The highest BCUT2D eigenvalue weighted by atomic mass is 32.1. The fourth-order valence-electron chi connectivity index (χ4n) is 3.48. The minimum atomic E-state index is 0.899. The van der Waals surface area contributed by atoms with Gasteiger partial charge in [0.05, 0.1) is 5.69 Å². The van der Waals surface area contributed by atoms with Crippen LogP contribution in [0.15, 0.2) is 54.7 Å². The van der Waals surface area contributed by atoms with Crippen molar-refractivity contribution in [1.29, 1.82) is 0 Å². The fourth-order valence-corrected chi connectivity index (χ4v) is 4.50. The number of nitrogens with one attached hydrogen (secondary N) is 2. The molecule has 0 aliphatic heterocycles. The van der Waals surface area contributed by atoms with Gasteiger partial charge in [0.2, 0.25) is 0 Å². The number of rotatable bonds is 4. The lowest BCUT2D eigenvalue weighted by molar-refractivity contribution is 1.02. The Hall–Kier alpha value is -2.59. The zero-order valence-electron chi connectivity index (χ0n) is 13.2. The van der Waals surface area contributed by atoms with E-state index in [-0.39, 0.29) is 0 Å². The maximum atomic E-state index is 4.81. The Morgan fingerprint density at radius 1 is 1.08 bits per heavy atom. The Morgan fingerprint density at radius 2 is 1.96 bits per heavy atom. The molecule has 0 spiro atoms. The molecular weight excluding hydrogens is 314 g/mol. The average molecular weight is 331 g/mol. The van der Waals surface area contributed by atoms with Crippen molar-refractivity contribution in [2.75, 3.05) is 11.9 Å². The van der Waals surface area contributed by atoms with Gasteiger partial charge < -0.3 is 10.3 Å². The molecule has 0 bridgehead atoms. The number of hydrogen-bond donors (Lipinski definition) is 2. The zero-order valence-corrected chi connectivity index (χ0v) is 14.0. The van der Waals surface area contributed by atoms with Crippen molar-refractivity contribution in [3.05, 3.63) is 70.7 Å². The second-order valence-corrected chi connectivity index (χ2v) is 7.24. The smallest absolute Gasteiger partial charge is 0.183 e. The second-order valence-electron chi connectivity index (χ2n) is 6.16. The van der Waals surface area contributed by atoms with Crippen LogP contribution in [0.25, 0.3) is 22.2 Å². The van der Waals surface area contributed by atoms with Crippen molar-refractivity contribution < 1.29 is 0 Å². The summed E-state index contributed by atoms with van der Waals surface area (Å²) in [5, 5.41) is 5.85. The molecule has 3 nitrogen and oxygen atoms in total. The number of aromatic amines is 1. The highest BCUT2D eigenvalue weighted by Crippen LogP contribution is 2.40. The van der Waals surface area contributed by atoms with E-state index in [1.165, 1.54) is 38.2 Å². The molecule has 4 aromatic rings. The van der Waals surface area contributed by atoms with Crippen molar-refractivity contribution in [3.8, 4) is 11.3 Å². The van der Waals surface area contributed by atoms with Crippen LogP contribution < -0.4 is 5.32 Å². The van der Waals surface area contributed by atoms with Crippen LogP contribution in [-0.2, 0) is 12.8 Å². The molecule has 1 aliphatic carbocycles. The Balaban J connectivity index is 1.31. The number of para-hydroxylation sites is 1. The summed E-state index contributed by atoms with van der Waals surface area (Å²) in [7, 11) is 0. The van der Waals surface area contributed by atoms with E-state index in [4.69, 9.17) is 4.98 Å². The van der Waals surface area contributed by atoms with Crippen LogP contribution in [0.2, 0.25) is 0 Å². The first kappa shape index (κ1) is 13.8. The summed E-state index contributed by atoms with van der Waals surface area (Å²) >= 11 is 1.79. The Morgan fingerprint density at radius 3 is 2.96 bits per heavy atom. The lowest BCUT2D eigenvalue weighted by atomic mass is 10.1. The van der Waals surface area contributed by atoms with E-state index in [2.05, 4.69) is 65.0 Å². The third-order valence-electron chi connectivity index (χ3n) is 4.67. The first-order valence-electron chi connectivity index (χ1n) is 8.25. The van der Waals surface area contributed by atoms with E-state index < -0.39 is 0 Å². The Labute approximate surface area is 144 Å². The number of aromatic nitrogens is 2. The Bertz CT molecular complexity index is 1030. The number of benzene rings is 2. The van der Waals surface area contributed by atoms with E-state index in [9.17, 15) is 0 Å². The summed E-state index contributed by atoms with van der Waals surface area (Å²) in [6.07, 6.45) is 4.13. The van der Waals surface area contributed by atoms with Gasteiger partial charge in [0, 0.05) is 40.5 Å². The van der Waals surface area contributed by atoms with Gasteiger partial charge in [-0.2, -0.15) is 0 Å². The summed E-state index contributed by atoms with van der Waals surface area (Å²) in [5.41, 5.74) is 6.43. The van der Waals surface area contributed by atoms with Crippen LogP contribution in [0, 0.1) is 0 Å². The molecule has 0 atom stereocenters. The molecule has 0 radical (unpaired) electrons. The molecule has 5 rings (SSSR count). The molecule has 2 aromatic heterocycles. The quantitative estimate of drug-likeness (QED) is 0.494. The topological polar surface area (TPSA) is 40.7 Å².